The van der Waals surface area contributed by atoms with Crippen molar-refractivity contribution in [2.24, 2.45) is 5.73 Å². The number of aliphatic hydroxyl groups is 1. The molecule has 1 aliphatic carbocycles. The van der Waals surface area contributed by atoms with Gasteiger partial charge in [0.1, 0.15) is 5.75 Å². The molecule has 0 aromatic heterocycles. The van der Waals surface area contributed by atoms with E-state index in [0.717, 1.165) is 43.2 Å². The first kappa shape index (κ1) is 23.4. The number of benzene rings is 2. The molecule has 2 atom stereocenters. The van der Waals surface area contributed by atoms with E-state index >= 15 is 0 Å². The van der Waals surface area contributed by atoms with Crippen molar-refractivity contribution in [2.75, 3.05) is 0 Å². The summed E-state index contributed by atoms with van der Waals surface area (Å²) in [5.74, 6) is 0.102. The van der Waals surface area contributed by atoms with Gasteiger partial charge >= 0.3 is 5.97 Å². The molecule has 2 aromatic rings. The molecule has 3 rings (SSSR count). The van der Waals surface area contributed by atoms with Crippen LogP contribution in [0.2, 0.25) is 0 Å². The molecule has 2 unspecified atom stereocenters. The van der Waals surface area contributed by atoms with Gasteiger partial charge in [0.25, 0.3) is 0 Å². The number of carbonyl (C=O) groups excluding carboxylic acids is 1. The Bertz CT molecular complexity index is 811. The van der Waals surface area contributed by atoms with Crippen LogP contribution in [0.5, 0.6) is 5.75 Å². The number of halogens is 1. The van der Waals surface area contributed by atoms with Crippen molar-refractivity contribution in [1.29, 1.82) is 0 Å². The lowest BCUT2D eigenvalue weighted by molar-refractivity contribution is -0.0702. The number of hydrogen-bond acceptors (Lipinski definition) is 4. The third kappa shape index (κ3) is 4.66. The van der Waals surface area contributed by atoms with Crippen LogP contribution in [-0.2, 0) is 5.41 Å². The highest BCUT2D eigenvalue weighted by atomic mass is 35.5. The Kier molecular flexibility index (Phi) is 7.50. The number of carbonyl (C=O) groups is 1. The molecule has 1 fully saturated rings. The molecule has 4 nitrogen and oxygen atoms in total. The molecule has 3 N–H and O–H groups in total. The molecule has 2 aromatic carbocycles. The molecule has 0 spiro atoms. The van der Waals surface area contributed by atoms with Crippen LogP contribution in [0.3, 0.4) is 0 Å². The summed E-state index contributed by atoms with van der Waals surface area (Å²) in [5.41, 5.74) is 7.59. The highest BCUT2D eigenvalue weighted by Crippen LogP contribution is 2.46. The molecule has 0 bridgehead atoms. The Hall–Kier alpha value is -1.88. The largest absolute Gasteiger partial charge is 0.423 e. The van der Waals surface area contributed by atoms with Gasteiger partial charge in [-0.3, -0.25) is 0 Å². The van der Waals surface area contributed by atoms with E-state index in [9.17, 15) is 9.90 Å². The zero-order valence-electron chi connectivity index (χ0n) is 17.5. The number of rotatable bonds is 5. The van der Waals surface area contributed by atoms with Crippen molar-refractivity contribution >= 4 is 18.4 Å². The minimum Gasteiger partial charge on any atom is -0.423 e. The van der Waals surface area contributed by atoms with Gasteiger partial charge in [-0.25, -0.2) is 4.79 Å². The SMILES string of the molecule is Cc1ccc(C(=O)Oc2ccc(C(C)(C(C)N)C3(O)CCCCC3)cc2)cc1.Cl. The molecule has 0 amide bonds. The highest BCUT2D eigenvalue weighted by Gasteiger charge is 2.50. The van der Waals surface area contributed by atoms with Crippen LogP contribution in [0.1, 0.15) is 67.4 Å². The zero-order chi connectivity index (χ0) is 20.4. The first-order valence-electron chi connectivity index (χ1n) is 10.1. The smallest absolute Gasteiger partial charge is 0.343 e. The average Bonchev–Trinajstić information content (AvgIpc) is 2.68. The van der Waals surface area contributed by atoms with Gasteiger partial charge in [0.15, 0.2) is 0 Å². The topological polar surface area (TPSA) is 72.5 Å². The third-order valence-corrected chi connectivity index (χ3v) is 6.51. The van der Waals surface area contributed by atoms with E-state index in [2.05, 4.69) is 6.92 Å². The second kappa shape index (κ2) is 9.29. The summed E-state index contributed by atoms with van der Waals surface area (Å²) in [5, 5.41) is 11.4. The molecule has 29 heavy (non-hydrogen) atoms. The number of hydrogen-bond donors (Lipinski definition) is 2. The fraction of sp³-hybridized carbons (Fsp3) is 0.458. The first-order valence-corrected chi connectivity index (χ1v) is 10.1. The lowest BCUT2D eigenvalue weighted by atomic mass is 9.60. The molecular formula is C24H32ClNO3. The molecule has 0 radical (unpaired) electrons. The van der Waals surface area contributed by atoms with Crippen molar-refractivity contribution in [1.82, 2.24) is 0 Å². The molecule has 0 saturated heterocycles. The van der Waals surface area contributed by atoms with Gasteiger partial charge in [0.05, 0.1) is 11.2 Å². The van der Waals surface area contributed by atoms with Gasteiger partial charge in [-0.2, -0.15) is 0 Å². The second-order valence-electron chi connectivity index (χ2n) is 8.36. The van der Waals surface area contributed by atoms with Crippen molar-refractivity contribution in [3.63, 3.8) is 0 Å². The Morgan fingerprint density at radius 3 is 2.14 bits per heavy atom. The van der Waals surface area contributed by atoms with E-state index in [1.807, 2.05) is 38.1 Å². The van der Waals surface area contributed by atoms with Crippen LogP contribution in [0.25, 0.3) is 0 Å². The summed E-state index contributed by atoms with van der Waals surface area (Å²) >= 11 is 0. The highest BCUT2D eigenvalue weighted by molar-refractivity contribution is 5.91. The van der Waals surface area contributed by atoms with Crippen molar-refractivity contribution < 1.29 is 14.6 Å². The van der Waals surface area contributed by atoms with E-state index in [1.165, 1.54) is 0 Å². The number of ether oxygens (including phenoxy) is 1. The van der Waals surface area contributed by atoms with Gasteiger partial charge in [0, 0.05) is 11.5 Å². The minimum atomic E-state index is -0.820. The minimum absolute atomic E-state index is 0. The van der Waals surface area contributed by atoms with Gasteiger partial charge < -0.3 is 15.6 Å². The van der Waals surface area contributed by atoms with Crippen LogP contribution in [0, 0.1) is 6.92 Å². The van der Waals surface area contributed by atoms with Gasteiger partial charge in [-0.05, 0) is 56.5 Å². The maximum Gasteiger partial charge on any atom is 0.343 e. The number of aryl methyl sites for hydroxylation is 1. The zero-order valence-corrected chi connectivity index (χ0v) is 18.3. The van der Waals surface area contributed by atoms with Crippen LogP contribution in [-0.4, -0.2) is 22.7 Å². The molecular weight excluding hydrogens is 386 g/mol. The van der Waals surface area contributed by atoms with E-state index in [4.69, 9.17) is 10.5 Å². The summed E-state index contributed by atoms with van der Waals surface area (Å²) in [6.07, 6.45) is 4.71. The molecule has 1 aliphatic rings. The lowest BCUT2D eigenvalue weighted by Gasteiger charge is -2.50. The van der Waals surface area contributed by atoms with Crippen molar-refractivity contribution in [3.05, 3.63) is 65.2 Å². The van der Waals surface area contributed by atoms with Crippen LogP contribution < -0.4 is 10.5 Å². The molecule has 158 valence electrons. The molecule has 0 aliphatic heterocycles. The summed E-state index contributed by atoms with van der Waals surface area (Å²) in [6, 6.07) is 14.5. The monoisotopic (exact) mass is 417 g/mol. The van der Waals surface area contributed by atoms with Crippen molar-refractivity contribution in [2.45, 2.75) is 69.9 Å². The average molecular weight is 418 g/mol. The summed E-state index contributed by atoms with van der Waals surface area (Å²) in [4.78, 5) is 12.3. The lowest BCUT2D eigenvalue weighted by Crippen LogP contribution is -2.59. The summed E-state index contributed by atoms with van der Waals surface area (Å²) < 4.78 is 5.51. The maximum atomic E-state index is 12.3. The summed E-state index contributed by atoms with van der Waals surface area (Å²) in [6.45, 7) is 5.98. The predicted molar refractivity (Wildman–Crippen MR) is 119 cm³/mol. The van der Waals surface area contributed by atoms with Crippen LogP contribution in [0.15, 0.2) is 48.5 Å². The predicted octanol–water partition coefficient (Wildman–Crippen LogP) is 4.94. The summed E-state index contributed by atoms with van der Waals surface area (Å²) in [7, 11) is 0. The molecule has 0 heterocycles. The van der Waals surface area contributed by atoms with E-state index in [0.29, 0.717) is 11.3 Å². The molecule has 5 heteroatoms. The van der Waals surface area contributed by atoms with E-state index < -0.39 is 11.0 Å². The normalized spacial score (nSPS) is 18.8. The molecule has 1 saturated carbocycles. The van der Waals surface area contributed by atoms with Crippen LogP contribution in [0.4, 0.5) is 0 Å². The van der Waals surface area contributed by atoms with Crippen molar-refractivity contribution in [3.8, 4) is 5.75 Å². The van der Waals surface area contributed by atoms with E-state index in [-0.39, 0.29) is 24.4 Å². The maximum absolute atomic E-state index is 12.3. The van der Waals surface area contributed by atoms with Gasteiger partial charge in [-0.1, -0.05) is 56.0 Å². The Morgan fingerprint density at radius 1 is 1.07 bits per heavy atom. The number of nitrogens with two attached hydrogens (primary N) is 1. The van der Waals surface area contributed by atoms with Gasteiger partial charge in [-0.15, -0.1) is 12.4 Å². The quantitative estimate of drug-likeness (QED) is 0.534. The fourth-order valence-corrected chi connectivity index (χ4v) is 4.34. The van der Waals surface area contributed by atoms with E-state index in [1.54, 1.807) is 24.3 Å². The van der Waals surface area contributed by atoms with Gasteiger partial charge in [0.2, 0.25) is 0 Å². The fourth-order valence-electron chi connectivity index (χ4n) is 4.34. The standard InChI is InChI=1S/C24H31NO3.ClH/c1-17-7-9-19(10-8-17)22(26)28-21-13-11-20(12-14-21)23(3,18(2)25)24(27)15-5-4-6-16-24;/h7-14,18,27H,4-6,15-16,25H2,1-3H3;1H. The first-order chi connectivity index (χ1) is 13.3. The Morgan fingerprint density at radius 2 is 1.62 bits per heavy atom. The second-order valence-corrected chi connectivity index (χ2v) is 8.36. The number of esters is 1. The van der Waals surface area contributed by atoms with Crippen LogP contribution >= 0.6 is 12.4 Å². The Balaban J connectivity index is 0.00000300. The third-order valence-electron chi connectivity index (χ3n) is 6.51. The Labute approximate surface area is 179 Å².